The van der Waals surface area contributed by atoms with Gasteiger partial charge in [-0.2, -0.15) is 0 Å². The van der Waals surface area contributed by atoms with E-state index >= 15 is 0 Å². The lowest BCUT2D eigenvalue weighted by atomic mass is 10.1. The molecular formula is C13H22N4O2. The first-order chi connectivity index (χ1) is 8.65. The number of benzene rings is 1. The molecule has 1 aliphatic heterocycles. The lowest BCUT2D eigenvalue weighted by Gasteiger charge is -2.11. The highest BCUT2D eigenvalue weighted by atomic mass is 16.5. The molecule has 1 unspecified atom stereocenters. The van der Waals surface area contributed by atoms with E-state index in [-0.39, 0.29) is 24.6 Å². The van der Waals surface area contributed by atoms with Crippen molar-refractivity contribution in [3.05, 3.63) is 23.8 Å². The predicted molar refractivity (Wildman–Crippen MR) is 76.0 cm³/mol. The van der Waals surface area contributed by atoms with Crippen molar-refractivity contribution >= 4 is 17.3 Å². The highest BCUT2D eigenvalue weighted by molar-refractivity contribution is 5.80. The van der Waals surface area contributed by atoms with E-state index in [2.05, 4.69) is 5.32 Å². The molecule has 1 amide bonds. The number of nitrogens with one attached hydrogen (secondary N) is 1. The molecule has 1 fully saturated rings. The largest absolute Gasteiger partial charge is 0.399 e. The highest BCUT2D eigenvalue weighted by Crippen LogP contribution is 2.16. The molecule has 1 atom stereocenters. The summed E-state index contributed by atoms with van der Waals surface area (Å²) < 4.78 is 5.44. The van der Waals surface area contributed by atoms with Crippen molar-refractivity contribution in [2.45, 2.75) is 25.4 Å². The number of anilines is 2. The number of ether oxygens (including phenoxy) is 1. The average molecular weight is 266 g/mol. The Balaban J connectivity index is 0.00000180. The first-order valence-electron chi connectivity index (χ1n) is 6.17. The summed E-state index contributed by atoms with van der Waals surface area (Å²) in [6.07, 6.45) is 2.53. The molecule has 2 rings (SSSR count). The zero-order valence-electron chi connectivity index (χ0n) is 11.0. The van der Waals surface area contributed by atoms with Crippen LogP contribution < -0.4 is 22.9 Å². The third-order valence-corrected chi connectivity index (χ3v) is 3.07. The second-order valence-corrected chi connectivity index (χ2v) is 4.57. The minimum absolute atomic E-state index is 0. The van der Waals surface area contributed by atoms with E-state index in [1.165, 1.54) is 0 Å². The Kier molecular flexibility index (Phi) is 5.59. The lowest BCUT2D eigenvalue weighted by Crippen LogP contribution is -2.32. The standard InChI is InChI=1S/C13H19N3O2.H3N/c14-10-4-3-9(12(15)7-10)6-13(17)16-8-11-2-1-5-18-11;/h3-4,7,11H,1-2,5-6,8,14-15H2,(H,16,17);1H3. The molecule has 1 aliphatic rings. The zero-order chi connectivity index (χ0) is 13.0. The molecule has 0 radical (unpaired) electrons. The third kappa shape index (κ3) is 4.42. The van der Waals surface area contributed by atoms with Gasteiger partial charge in [0.15, 0.2) is 0 Å². The summed E-state index contributed by atoms with van der Waals surface area (Å²) in [5, 5.41) is 2.86. The number of carbonyl (C=O) groups is 1. The van der Waals surface area contributed by atoms with Gasteiger partial charge in [-0.3, -0.25) is 4.79 Å². The number of hydrogen-bond donors (Lipinski definition) is 4. The van der Waals surface area contributed by atoms with Crippen LogP contribution >= 0.6 is 0 Å². The van der Waals surface area contributed by atoms with E-state index in [4.69, 9.17) is 16.2 Å². The summed E-state index contributed by atoms with van der Waals surface area (Å²) in [4.78, 5) is 11.8. The second-order valence-electron chi connectivity index (χ2n) is 4.57. The van der Waals surface area contributed by atoms with Crippen LogP contribution in [0, 0.1) is 0 Å². The summed E-state index contributed by atoms with van der Waals surface area (Å²) in [7, 11) is 0. The van der Waals surface area contributed by atoms with Crippen LogP contribution in [0.25, 0.3) is 0 Å². The number of rotatable bonds is 4. The summed E-state index contributed by atoms with van der Waals surface area (Å²) in [5.74, 6) is -0.0398. The molecule has 1 aromatic rings. The van der Waals surface area contributed by atoms with Crippen LogP contribution in [-0.2, 0) is 16.0 Å². The minimum Gasteiger partial charge on any atom is -0.399 e. The normalized spacial score (nSPS) is 17.8. The van der Waals surface area contributed by atoms with Gasteiger partial charge in [0.05, 0.1) is 12.5 Å². The van der Waals surface area contributed by atoms with Gasteiger partial charge in [0, 0.05) is 24.5 Å². The Bertz CT molecular complexity index is 431. The number of nitrogens with two attached hydrogens (primary N) is 2. The molecule has 0 aliphatic carbocycles. The molecule has 19 heavy (non-hydrogen) atoms. The van der Waals surface area contributed by atoms with Gasteiger partial charge in [0.2, 0.25) is 5.91 Å². The molecule has 0 saturated carbocycles. The third-order valence-electron chi connectivity index (χ3n) is 3.07. The van der Waals surface area contributed by atoms with Gasteiger partial charge in [-0.05, 0) is 30.5 Å². The molecule has 1 heterocycles. The Hall–Kier alpha value is -1.79. The summed E-state index contributed by atoms with van der Waals surface area (Å²) in [6, 6.07) is 5.21. The maximum atomic E-state index is 11.8. The molecule has 1 aromatic carbocycles. The van der Waals surface area contributed by atoms with Crippen LogP contribution in [0.15, 0.2) is 18.2 Å². The van der Waals surface area contributed by atoms with Crippen LogP contribution in [0.2, 0.25) is 0 Å². The fourth-order valence-corrected chi connectivity index (χ4v) is 2.04. The van der Waals surface area contributed by atoms with Gasteiger partial charge < -0.3 is 27.7 Å². The van der Waals surface area contributed by atoms with Gasteiger partial charge in [-0.15, -0.1) is 0 Å². The maximum Gasteiger partial charge on any atom is 0.224 e. The van der Waals surface area contributed by atoms with E-state index in [0.717, 1.165) is 25.0 Å². The Labute approximate surface area is 113 Å². The van der Waals surface area contributed by atoms with Crippen LogP contribution in [0.5, 0.6) is 0 Å². The van der Waals surface area contributed by atoms with Gasteiger partial charge in [0.25, 0.3) is 0 Å². The van der Waals surface area contributed by atoms with E-state index in [1.54, 1.807) is 18.2 Å². The van der Waals surface area contributed by atoms with Crippen molar-refractivity contribution in [2.75, 3.05) is 24.6 Å². The Morgan fingerprint density at radius 3 is 2.84 bits per heavy atom. The minimum atomic E-state index is -0.0398. The van der Waals surface area contributed by atoms with Gasteiger partial charge in [0.1, 0.15) is 0 Å². The second kappa shape index (κ2) is 6.96. The van der Waals surface area contributed by atoms with Crippen molar-refractivity contribution < 1.29 is 9.53 Å². The Morgan fingerprint density at radius 2 is 2.21 bits per heavy atom. The first kappa shape index (κ1) is 15.3. The van der Waals surface area contributed by atoms with Crippen molar-refractivity contribution in [1.29, 1.82) is 0 Å². The molecule has 8 N–H and O–H groups in total. The highest BCUT2D eigenvalue weighted by Gasteiger charge is 2.16. The zero-order valence-corrected chi connectivity index (χ0v) is 11.0. The smallest absolute Gasteiger partial charge is 0.224 e. The summed E-state index contributed by atoms with van der Waals surface area (Å²) in [5.41, 5.74) is 13.4. The molecule has 0 spiro atoms. The van der Waals surface area contributed by atoms with Gasteiger partial charge in [-0.1, -0.05) is 6.07 Å². The Morgan fingerprint density at radius 1 is 1.42 bits per heavy atom. The first-order valence-corrected chi connectivity index (χ1v) is 6.17. The summed E-state index contributed by atoms with van der Waals surface area (Å²) in [6.45, 7) is 1.37. The van der Waals surface area contributed by atoms with E-state index in [1.807, 2.05) is 0 Å². The van der Waals surface area contributed by atoms with Crippen LogP contribution in [0.3, 0.4) is 0 Å². The molecule has 0 bridgehead atoms. The fourth-order valence-electron chi connectivity index (χ4n) is 2.04. The van der Waals surface area contributed by atoms with E-state index in [0.29, 0.717) is 17.9 Å². The monoisotopic (exact) mass is 266 g/mol. The average Bonchev–Trinajstić information content (AvgIpc) is 2.83. The number of carbonyl (C=O) groups excluding carboxylic acids is 1. The van der Waals surface area contributed by atoms with Crippen LogP contribution in [-0.4, -0.2) is 25.2 Å². The molecule has 6 nitrogen and oxygen atoms in total. The van der Waals surface area contributed by atoms with Crippen molar-refractivity contribution in [3.63, 3.8) is 0 Å². The quantitative estimate of drug-likeness (QED) is 0.601. The molecule has 0 aromatic heterocycles. The topological polar surface area (TPSA) is 125 Å². The molecule has 6 heteroatoms. The van der Waals surface area contributed by atoms with Crippen molar-refractivity contribution in [3.8, 4) is 0 Å². The molecule has 106 valence electrons. The number of nitrogen functional groups attached to an aromatic ring is 2. The van der Waals surface area contributed by atoms with Gasteiger partial charge in [-0.25, -0.2) is 0 Å². The number of amides is 1. The predicted octanol–water partition coefficient (Wildman–Crippen LogP) is 0.851. The number of hydrogen-bond acceptors (Lipinski definition) is 5. The van der Waals surface area contributed by atoms with E-state index in [9.17, 15) is 4.79 Å². The van der Waals surface area contributed by atoms with Crippen LogP contribution in [0.4, 0.5) is 11.4 Å². The molecular weight excluding hydrogens is 244 g/mol. The summed E-state index contributed by atoms with van der Waals surface area (Å²) >= 11 is 0. The molecule has 1 saturated heterocycles. The fraction of sp³-hybridized carbons (Fsp3) is 0.462. The van der Waals surface area contributed by atoms with Crippen molar-refractivity contribution in [2.24, 2.45) is 0 Å². The lowest BCUT2D eigenvalue weighted by molar-refractivity contribution is -0.120. The maximum absolute atomic E-state index is 11.8. The van der Waals surface area contributed by atoms with Crippen LogP contribution in [0.1, 0.15) is 18.4 Å². The van der Waals surface area contributed by atoms with E-state index < -0.39 is 0 Å². The van der Waals surface area contributed by atoms with Crippen molar-refractivity contribution in [1.82, 2.24) is 11.5 Å². The SMILES string of the molecule is N.Nc1ccc(CC(=O)NCC2CCCO2)c(N)c1. The van der Waals surface area contributed by atoms with Gasteiger partial charge >= 0.3 is 0 Å².